The van der Waals surface area contributed by atoms with E-state index < -0.39 is 0 Å². The highest BCUT2D eigenvalue weighted by Crippen LogP contribution is 2.42. The van der Waals surface area contributed by atoms with Crippen molar-refractivity contribution in [3.05, 3.63) is 206 Å². The number of hydrogen-bond donors (Lipinski definition) is 0. The van der Waals surface area contributed by atoms with Gasteiger partial charge in [0.15, 0.2) is 0 Å². The zero-order chi connectivity index (χ0) is 37.9. The molecular formula is C54H34N4. The molecule has 0 aliphatic rings. The summed E-state index contributed by atoms with van der Waals surface area (Å²) in [6, 6.07) is 75.5. The molecule has 0 unspecified atom stereocenters. The van der Waals surface area contributed by atoms with Gasteiger partial charge in [-0.1, -0.05) is 109 Å². The Labute approximate surface area is 333 Å². The standard InChI is InChI=1S/C54H34N4/c1-3-15-35(16-4-1)55-47-23-11-7-19-39(47)43-31-37(27-29-51(43)55)57-49-25-13-9-21-41(49)45-34-54-46(33-53(45)57)42-22-10-14-26-50(42)58(54)38-28-30-52-44(32-38)40-20-8-12-24-48(40)56(52)36-17-5-2-6-18-36/h1-34H. The van der Waals surface area contributed by atoms with Gasteiger partial charge in [-0.15, -0.1) is 0 Å². The van der Waals surface area contributed by atoms with Crippen LogP contribution in [-0.4, -0.2) is 18.3 Å². The van der Waals surface area contributed by atoms with Gasteiger partial charge in [0.25, 0.3) is 0 Å². The molecule has 0 saturated heterocycles. The molecule has 0 bridgehead atoms. The molecule has 4 nitrogen and oxygen atoms in total. The molecule has 0 aliphatic heterocycles. The van der Waals surface area contributed by atoms with Gasteiger partial charge < -0.3 is 18.3 Å². The van der Waals surface area contributed by atoms with Crippen molar-refractivity contribution in [3.63, 3.8) is 0 Å². The molecule has 4 aromatic heterocycles. The van der Waals surface area contributed by atoms with E-state index in [4.69, 9.17) is 0 Å². The summed E-state index contributed by atoms with van der Waals surface area (Å²) >= 11 is 0. The highest BCUT2D eigenvalue weighted by atomic mass is 15.0. The molecule has 13 rings (SSSR count). The fourth-order valence-electron chi connectivity index (χ4n) is 9.90. The Morgan fingerprint density at radius 2 is 0.448 bits per heavy atom. The van der Waals surface area contributed by atoms with Crippen LogP contribution in [0.3, 0.4) is 0 Å². The van der Waals surface area contributed by atoms with Gasteiger partial charge in [0.1, 0.15) is 0 Å². The molecule has 13 aromatic rings. The predicted octanol–water partition coefficient (Wildman–Crippen LogP) is 14.1. The van der Waals surface area contributed by atoms with Crippen molar-refractivity contribution in [1.29, 1.82) is 0 Å². The van der Waals surface area contributed by atoms with E-state index >= 15 is 0 Å². The quantitative estimate of drug-likeness (QED) is 0.171. The van der Waals surface area contributed by atoms with E-state index in [-0.39, 0.29) is 0 Å². The molecule has 4 heteroatoms. The normalized spacial score (nSPS) is 12.1. The first-order valence-electron chi connectivity index (χ1n) is 19.9. The smallest absolute Gasteiger partial charge is 0.0548 e. The number of nitrogens with zero attached hydrogens (tertiary/aromatic N) is 4. The SMILES string of the molecule is c1ccc(-n2c3ccccc3c3cc(-n4c5ccccc5c5cc6c(cc54)c4ccccc4n6-c4ccc5c(c4)c4ccccc4n5-c4ccccc4)ccc32)cc1. The Hall–Kier alpha value is -7.82. The second kappa shape index (κ2) is 11.8. The second-order valence-electron chi connectivity index (χ2n) is 15.4. The minimum atomic E-state index is 1.15. The summed E-state index contributed by atoms with van der Waals surface area (Å²) in [7, 11) is 0. The molecule has 0 spiro atoms. The number of para-hydroxylation sites is 6. The summed E-state index contributed by atoms with van der Waals surface area (Å²) in [6.45, 7) is 0. The van der Waals surface area contributed by atoms with Crippen molar-refractivity contribution in [1.82, 2.24) is 18.3 Å². The maximum Gasteiger partial charge on any atom is 0.0548 e. The average Bonchev–Trinajstić information content (AvgIpc) is 4.00. The van der Waals surface area contributed by atoms with Gasteiger partial charge in [-0.2, -0.15) is 0 Å². The number of rotatable bonds is 4. The van der Waals surface area contributed by atoms with Gasteiger partial charge in [0.2, 0.25) is 0 Å². The molecule has 0 atom stereocenters. The van der Waals surface area contributed by atoms with Crippen LogP contribution in [-0.2, 0) is 0 Å². The van der Waals surface area contributed by atoms with E-state index in [1.807, 2.05) is 0 Å². The number of fused-ring (bicyclic) bond motifs is 12. The summed E-state index contributed by atoms with van der Waals surface area (Å²) in [5, 5.41) is 9.93. The molecular weight excluding hydrogens is 705 g/mol. The number of benzene rings is 9. The van der Waals surface area contributed by atoms with E-state index in [0.717, 1.165) is 22.7 Å². The van der Waals surface area contributed by atoms with Crippen LogP contribution in [0.1, 0.15) is 0 Å². The molecule has 0 aliphatic carbocycles. The van der Waals surface area contributed by atoms with Crippen LogP contribution in [0.2, 0.25) is 0 Å². The molecule has 58 heavy (non-hydrogen) atoms. The van der Waals surface area contributed by atoms with Gasteiger partial charge in [-0.05, 0) is 97.1 Å². The lowest BCUT2D eigenvalue weighted by Crippen LogP contribution is -1.96. The fraction of sp³-hybridized carbons (Fsp3) is 0. The Morgan fingerprint density at radius 3 is 0.810 bits per heavy atom. The predicted molar refractivity (Wildman–Crippen MR) is 244 cm³/mol. The minimum Gasteiger partial charge on any atom is -0.309 e. The molecule has 0 radical (unpaired) electrons. The molecule has 9 aromatic carbocycles. The highest BCUT2D eigenvalue weighted by Gasteiger charge is 2.21. The summed E-state index contributed by atoms with van der Waals surface area (Å²) < 4.78 is 9.70. The number of aromatic nitrogens is 4. The van der Waals surface area contributed by atoms with E-state index in [9.17, 15) is 0 Å². The lowest BCUT2D eigenvalue weighted by Gasteiger charge is -2.11. The first-order valence-corrected chi connectivity index (χ1v) is 19.9. The molecule has 0 N–H and O–H groups in total. The fourth-order valence-corrected chi connectivity index (χ4v) is 9.90. The van der Waals surface area contributed by atoms with Crippen molar-refractivity contribution in [3.8, 4) is 22.7 Å². The zero-order valence-electron chi connectivity index (χ0n) is 31.4. The highest BCUT2D eigenvalue weighted by molar-refractivity contribution is 6.20. The molecule has 4 heterocycles. The molecule has 0 fully saturated rings. The summed E-state index contributed by atoms with van der Waals surface area (Å²) in [5.41, 5.74) is 14.2. The van der Waals surface area contributed by atoms with E-state index in [1.165, 1.54) is 87.2 Å². The Bertz CT molecular complexity index is 3530. The van der Waals surface area contributed by atoms with Gasteiger partial charge in [0, 0.05) is 65.8 Å². The van der Waals surface area contributed by atoms with Gasteiger partial charge in [-0.25, -0.2) is 0 Å². The average molecular weight is 739 g/mol. The van der Waals surface area contributed by atoms with Crippen molar-refractivity contribution in [2.75, 3.05) is 0 Å². The Morgan fingerprint density at radius 1 is 0.172 bits per heavy atom. The first-order chi connectivity index (χ1) is 28.8. The van der Waals surface area contributed by atoms with Gasteiger partial charge in [-0.3, -0.25) is 0 Å². The van der Waals surface area contributed by atoms with Crippen LogP contribution in [0.25, 0.3) is 110 Å². The largest absolute Gasteiger partial charge is 0.309 e. The lowest BCUT2D eigenvalue weighted by molar-refractivity contribution is 1.16. The van der Waals surface area contributed by atoms with Crippen molar-refractivity contribution < 1.29 is 0 Å². The Kier molecular flexibility index (Phi) is 6.41. The minimum absolute atomic E-state index is 1.15. The number of hydrogen-bond acceptors (Lipinski definition) is 0. The second-order valence-corrected chi connectivity index (χ2v) is 15.4. The lowest BCUT2D eigenvalue weighted by atomic mass is 10.1. The van der Waals surface area contributed by atoms with Crippen LogP contribution in [0, 0.1) is 0 Å². The molecule has 0 saturated carbocycles. The molecule has 270 valence electrons. The summed E-state index contributed by atoms with van der Waals surface area (Å²) in [4.78, 5) is 0. The van der Waals surface area contributed by atoms with Gasteiger partial charge in [0.05, 0.1) is 44.1 Å². The molecule has 0 amide bonds. The van der Waals surface area contributed by atoms with Crippen LogP contribution < -0.4 is 0 Å². The van der Waals surface area contributed by atoms with Crippen LogP contribution in [0.15, 0.2) is 206 Å². The maximum atomic E-state index is 2.47. The van der Waals surface area contributed by atoms with Crippen LogP contribution in [0.5, 0.6) is 0 Å². The topological polar surface area (TPSA) is 19.7 Å². The monoisotopic (exact) mass is 738 g/mol. The third kappa shape index (κ3) is 4.29. The maximum absolute atomic E-state index is 2.47. The van der Waals surface area contributed by atoms with E-state index in [2.05, 4.69) is 225 Å². The third-order valence-corrected chi connectivity index (χ3v) is 12.3. The van der Waals surface area contributed by atoms with Crippen LogP contribution >= 0.6 is 0 Å². The van der Waals surface area contributed by atoms with Crippen molar-refractivity contribution in [2.24, 2.45) is 0 Å². The van der Waals surface area contributed by atoms with Crippen molar-refractivity contribution in [2.45, 2.75) is 0 Å². The zero-order valence-corrected chi connectivity index (χ0v) is 31.4. The van der Waals surface area contributed by atoms with Crippen molar-refractivity contribution >= 4 is 87.2 Å². The summed E-state index contributed by atoms with van der Waals surface area (Å²) in [6.07, 6.45) is 0. The van der Waals surface area contributed by atoms with E-state index in [1.54, 1.807) is 0 Å². The van der Waals surface area contributed by atoms with Crippen LogP contribution in [0.4, 0.5) is 0 Å². The third-order valence-electron chi connectivity index (χ3n) is 12.3. The first kappa shape index (κ1) is 31.4. The summed E-state index contributed by atoms with van der Waals surface area (Å²) in [5.74, 6) is 0. The Balaban J connectivity index is 1.07. The van der Waals surface area contributed by atoms with Gasteiger partial charge >= 0.3 is 0 Å². The van der Waals surface area contributed by atoms with E-state index in [0.29, 0.717) is 0 Å².